The van der Waals surface area contributed by atoms with E-state index < -0.39 is 0 Å². The van der Waals surface area contributed by atoms with Gasteiger partial charge in [-0.05, 0) is 37.6 Å². The second-order valence-corrected chi connectivity index (χ2v) is 4.16. The molecule has 0 spiro atoms. The molecule has 17 heavy (non-hydrogen) atoms. The summed E-state index contributed by atoms with van der Waals surface area (Å²) in [6.07, 6.45) is 10.7. The van der Waals surface area contributed by atoms with Gasteiger partial charge in [0.25, 0.3) is 0 Å². The Balaban J connectivity index is 2.51. The fourth-order valence-electron chi connectivity index (χ4n) is 1.95. The van der Waals surface area contributed by atoms with Gasteiger partial charge in [-0.1, -0.05) is 24.8 Å². The van der Waals surface area contributed by atoms with Crippen molar-refractivity contribution in [3.63, 3.8) is 0 Å². The Labute approximate surface area is 103 Å². The lowest BCUT2D eigenvalue weighted by Gasteiger charge is -2.31. The highest BCUT2D eigenvalue weighted by molar-refractivity contribution is 5.44. The van der Waals surface area contributed by atoms with Crippen LogP contribution in [-0.2, 0) is 4.74 Å². The Morgan fingerprint density at radius 1 is 1.29 bits per heavy atom. The minimum absolute atomic E-state index is 0.755. The molecular formula is C15H17NO. The zero-order valence-corrected chi connectivity index (χ0v) is 10.4. The van der Waals surface area contributed by atoms with Gasteiger partial charge in [0.2, 0.25) is 0 Å². The maximum atomic E-state index is 5.85. The summed E-state index contributed by atoms with van der Waals surface area (Å²) in [6.45, 7) is 9.71. The summed E-state index contributed by atoms with van der Waals surface area (Å²) in [5.74, 6) is 1.64. The van der Waals surface area contributed by atoms with E-state index >= 15 is 0 Å². The van der Waals surface area contributed by atoms with Gasteiger partial charge < -0.3 is 9.64 Å². The van der Waals surface area contributed by atoms with Crippen molar-refractivity contribution in [1.29, 1.82) is 0 Å². The van der Waals surface area contributed by atoms with E-state index in [1.54, 1.807) is 12.2 Å². The van der Waals surface area contributed by atoms with E-state index in [1.807, 2.05) is 7.05 Å². The molecule has 0 saturated heterocycles. The van der Waals surface area contributed by atoms with Crippen molar-refractivity contribution in [3.05, 3.63) is 72.0 Å². The minimum Gasteiger partial charge on any atom is -0.453 e. The molecule has 2 nitrogen and oxygen atoms in total. The van der Waals surface area contributed by atoms with Crippen molar-refractivity contribution in [2.24, 2.45) is 0 Å². The normalized spacial score (nSPS) is 19.4. The largest absolute Gasteiger partial charge is 0.453 e. The lowest BCUT2D eigenvalue weighted by molar-refractivity contribution is 0.264. The summed E-state index contributed by atoms with van der Waals surface area (Å²) in [7, 11) is 2.01. The summed E-state index contributed by atoms with van der Waals surface area (Å²) >= 11 is 0. The molecule has 0 aromatic rings. The van der Waals surface area contributed by atoms with Crippen molar-refractivity contribution in [3.8, 4) is 0 Å². The summed E-state index contributed by atoms with van der Waals surface area (Å²) in [5.41, 5.74) is 3.32. The molecule has 88 valence electrons. The van der Waals surface area contributed by atoms with E-state index in [2.05, 4.69) is 43.2 Å². The van der Waals surface area contributed by atoms with Gasteiger partial charge in [-0.15, -0.1) is 0 Å². The highest BCUT2D eigenvalue weighted by Gasteiger charge is 2.24. The second kappa shape index (κ2) is 4.50. The first kappa shape index (κ1) is 11.5. The van der Waals surface area contributed by atoms with Crippen LogP contribution in [0.5, 0.6) is 0 Å². The quantitative estimate of drug-likeness (QED) is 0.714. The third-order valence-electron chi connectivity index (χ3n) is 2.96. The van der Waals surface area contributed by atoms with Gasteiger partial charge in [0.1, 0.15) is 5.76 Å². The Morgan fingerprint density at radius 2 is 2.06 bits per heavy atom. The van der Waals surface area contributed by atoms with Crippen LogP contribution >= 0.6 is 0 Å². The standard InChI is InChI=1S/C15H17NO/c1-5-12-14(6-2)17-15-10-8-11(3)7-9-13(15)16(12)4/h5-7,9-10H,1-2,8H2,3-4H3. The van der Waals surface area contributed by atoms with E-state index in [9.17, 15) is 0 Å². The van der Waals surface area contributed by atoms with Crippen molar-refractivity contribution in [1.82, 2.24) is 4.90 Å². The topological polar surface area (TPSA) is 12.5 Å². The molecule has 0 bridgehead atoms. The first-order chi connectivity index (χ1) is 8.17. The van der Waals surface area contributed by atoms with Gasteiger partial charge in [-0.2, -0.15) is 0 Å². The third kappa shape index (κ3) is 1.98. The average molecular weight is 227 g/mol. The van der Waals surface area contributed by atoms with E-state index in [0.717, 1.165) is 29.3 Å². The van der Waals surface area contributed by atoms with Crippen molar-refractivity contribution < 1.29 is 4.74 Å². The maximum Gasteiger partial charge on any atom is 0.150 e. The summed E-state index contributed by atoms with van der Waals surface area (Å²) in [4.78, 5) is 2.08. The molecule has 0 radical (unpaired) electrons. The molecule has 0 unspecified atom stereocenters. The molecule has 1 aliphatic carbocycles. The predicted octanol–water partition coefficient (Wildman–Crippen LogP) is 3.65. The number of ether oxygens (including phenoxy) is 1. The van der Waals surface area contributed by atoms with Crippen LogP contribution in [0.2, 0.25) is 0 Å². The lowest BCUT2D eigenvalue weighted by Crippen LogP contribution is -2.24. The van der Waals surface area contributed by atoms with Crippen LogP contribution in [0.3, 0.4) is 0 Å². The molecule has 0 fully saturated rings. The monoisotopic (exact) mass is 227 g/mol. The smallest absolute Gasteiger partial charge is 0.150 e. The van der Waals surface area contributed by atoms with Crippen LogP contribution in [0.25, 0.3) is 0 Å². The molecule has 1 heterocycles. The molecule has 0 amide bonds. The fraction of sp³-hybridized carbons (Fsp3) is 0.200. The van der Waals surface area contributed by atoms with Crippen LogP contribution < -0.4 is 0 Å². The number of hydrogen-bond donors (Lipinski definition) is 0. The first-order valence-corrected chi connectivity index (χ1v) is 5.66. The van der Waals surface area contributed by atoms with E-state index in [0.29, 0.717) is 0 Å². The molecular weight excluding hydrogens is 210 g/mol. The summed E-state index contributed by atoms with van der Waals surface area (Å²) < 4.78 is 5.85. The van der Waals surface area contributed by atoms with Gasteiger partial charge in [-0.3, -0.25) is 0 Å². The predicted molar refractivity (Wildman–Crippen MR) is 70.8 cm³/mol. The molecule has 0 aromatic carbocycles. The number of rotatable bonds is 2. The third-order valence-corrected chi connectivity index (χ3v) is 2.96. The molecule has 1 aliphatic heterocycles. The second-order valence-electron chi connectivity index (χ2n) is 4.16. The molecule has 2 heteroatoms. The number of hydrogen-bond acceptors (Lipinski definition) is 2. The van der Waals surface area contributed by atoms with Crippen LogP contribution in [-0.4, -0.2) is 11.9 Å². The fourth-order valence-corrected chi connectivity index (χ4v) is 1.95. The highest BCUT2D eigenvalue weighted by atomic mass is 16.5. The molecule has 0 atom stereocenters. The number of nitrogens with zero attached hydrogens (tertiary/aromatic N) is 1. The Kier molecular flexibility index (Phi) is 3.05. The number of likely N-dealkylation sites (N-methyl/N-ethyl adjacent to an activating group) is 1. The van der Waals surface area contributed by atoms with Gasteiger partial charge in [0, 0.05) is 7.05 Å². The number of allylic oxidation sites excluding steroid dienone is 6. The van der Waals surface area contributed by atoms with Crippen LogP contribution in [0.15, 0.2) is 72.0 Å². The van der Waals surface area contributed by atoms with Gasteiger partial charge in [0.05, 0.1) is 11.4 Å². The molecule has 0 saturated carbocycles. The van der Waals surface area contributed by atoms with Crippen molar-refractivity contribution in [2.45, 2.75) is 13.3 Å². The zero-order chi connectivity index (χ0) is 12.4. The minimum atomic E-state index is 0.755. The van der Waals surface area contributed by atoms with Crippen LogP contribution in [0.1, 0.15) is 13.3 Å². The SMILES string of the molecule is C=CC1=C(C=C)N(C)C2=CC=C(C)CC=C2O1. The molecule has 0 aromatic heterocycles. The van der Waals surface area contributed by atoms with Gasteiger partial charge in [0.15, 0.2) is 5.76 Å². The average Bonchev–Trinajstić information content (AvgIpc) is 2.51. The van der Waals surface area contributed by atoms with E-state index in [1.165, 1.54) is 5.57 Å². The first-order valence-electron chi connectivity index (χ1n) is 5.66. The summed E-state index contributed by atoms with van der Waals surface area (Å²) in [5, 5.41) is 0. The van der Waals surface area contributed by atoms with Crippen molar-refractivity contribution in [2.75, 3.05) is 7.05 Å². The molecule has 2 aliphatic rings. The van der Waals surface area contributed by atoms with Crippen LogP contribution in [0.4, 0.5) is 0 Å². The Morgan fingerprint density at radius 3 is 2.71 bits per heavy atom. The van der Waals surface area contributed by atoms with Gasteiger partial charge in [-0.25, -0.2) is 0 Å². The van der Waals surface area contributed by atoms with Gasteiger partial charge >= 0.3 is 0 Å². The Bertz CT molecular complexity index is 489. The van der Waals surface area contributed by atoms with Crippen molar-refractivity contribution >= 4 is 0 Å². The van der Waals surface area contributed by atoms with E-state index in [4.69, 9.17) is 4.74 Å². The lowest BCUT2D eigenvalue weighted by atomic mass is 10.2. The maximum absolute atomic E-state index is 5.85. The molecule has 0 N–H and O–H groups in total. The van der Waals surface area contributed by atoms with E-state index in [-0.39, 0.29) is 0 Å². The Hall–Kier alpha value is -1.96. The zero-order valence-electron chi connectivity index (χ0n) is 10.4. The van der Waals surface area contributed by atoms with Crippen LogP contribution in [0, 0.1) is 0 Å². The highest BCUT2D eigenvalue weighted by Crippen LogP contribution is 2.33. The summed E-state index contributed by atoms with van der Waals surface area (Å²) in [6, 6.07) is 0. The molecule has 2 rings (SSSR count). The number of fused-ring (bicyclic) bond motifs is 1.